The molecule has 0 amide bonds. The van der Waals surface area contributed by atoms with Crippen molar-refractivity contribution in [3.8, 4) is 0 Å². The quantitative estimate of drug-likeness (QED) is 0.479. The Kier molecular flexibility index (Phi) is 5.81. The number of nitrogens with zero attached hydrogens (tertiary/aromatic N) is 3. The number of hydrogen-bond donors (Lipinski definition) is 1. The van der Waals surface area contributed by atoms with Crippen LogP contribution >= 0.6 is 0 Å². The van der Waals surface area contributed by atoms with E-state index in [2.05, 4.69) is 65.2 Å². The van der Waals surface area contributed by atoms with Crippen LogP contribution in [-0.2, 0) is 15.9 Å². The first-order chi connectivity index (χ1) is 17.0. The highest BCUT2D eigenvalue weighted by Crippen LogP contribution is 2.49. The molecule has 3 aromatic rings. The number of hydrogen-bond acceptors (Lipinski definition) is 6. The molecule has 1 aromatic carbocycles. The van der Waals surface area contributed by atoms with Crippen LogP contribution in [0.5, 0.6) is 0 Å². The van der Waals surface area contributed by atoms with Crippen molar-refractivity contribution in [2.24, 2.45) is 11.8 Å². The number of benzene rings is 1. The van der Waals surface area contributed by atoms with Gasteiger partial charge in [-0.05, 0) is 81.9 Å². The molecular formula is C29H34N4O2. The first-order valence-corrected chi connectivity index (χ1v) is 12.9. The zero-order valence-electron chi connectivity index (χ0n) is 20.6. The number of ether oxygens (including phenoxy) is 2. The van der Waals surface area contributed by atoms with Crippen molar-refractivity contribution in [1.82, 2.24) is 15.0 Å². The summed E-state index contributed by atoms with van der Waals surface area (Å²) in [6.07, 6.45) is 14.9. The van der Waals surface area contributed by atoms with Gasteiger partial charge in [-0.3, -0.25) is 4.98 Å². The fourth-order valence-corrected chi connectivity index (χ4v) is 6.41. The smallest absolute Gasteiger partial charge is 0.163 e. The van der Waals surface area contributed by atoms with Gasteiger partial charge in [0.1, 0.15) is 12.1 Å². The van der Waals surface area contributed by atoms with Gasteiger partial charge in [-0.1, -0.05) is 30.4 Å². The third-order valence-electron chi connectivity index (χ3n) is 8.03. The molecule has 2 aliphatic carbocycles. The van der Waals surface area contributed by atoms with Crippen LogP contribution in [-0.4, -0.2) is 32.9 Å². The second-order valence-electron chi connectivity index (χ2n) is 10.8. The standard InChI is InChI=1S/C29H34N4O2/c1-29(2)34-26-21(8-5-6-18-14-20-7-3-4-9-24(20)31-16-18)15-22(27(26)35-29)11-10-19-12-13-23-25(19)32-17-33-28(23)30/h3-4,7,9,12-14,16-17,19,21-22,26-27H,5-6,8,10-11,15H2,1-2H3,(H2,30,32,33)/t19?,21-,22+,26+,27-/m0/s1. The molecule has 2 fully saturated rings. The Bertz CT molecular complexity index is 1260. The summed E-state index contributed by atoms with van der Waals surface area (Å²) in [7, 11) is 0. The van der Waals surface area contributed by atoms with Gasteiger partial charge in [0.15, 0.2) is 5.79 Å². The number of aryl methyl sites for hydroxylation is 1. The summed E-state index contributed by atoms with van der Waals surface area (Å²) in [4.78, 5) is 13.3. The van der Waals surface area contributed by atoms with E-state index in [-0.39, 0.29) is 12.2 Å². The number of fused-ring (bicyclic) bond motifs is 3. The van der Waals surface area contributed by atoms with E-state index in [0.29, 0.717) is 23.6 Å². The van der Waals surface area contributed by atoms with E-state index in [1.807, 2.05) is 12.3 Å². The molecule has 6 rings (SSSR count). The molecule has 6 nitrogen and oxygen atoms in total. The van der Waals surface area contributed by atoms with Gasteiger partial charge in [-0.15, -0.1) is 0 Å². The van der Waals surface area contributed by atoms with Crippen LogP contribution < -0.4 is 5.73 Å². The molecular weight excluding hydrogens is 436 g/mol. The minimum absolute atomic E-state index is 0.178. The Balaban J connectivity index is 1.09. The Hall–Kier alpha value is -2.83. The molecule has 0 bridgehead atoms. The van der Waals surface area contributed by atoms with Crippen molar-refractivity contribution < 1.29 is 9.47 Å². The SMILES string of the molecule is CC1(C)O[C@@H]2[C@@H](CCCc3cnc4ccccc4c3)C[C@@H](CCC3C=Cc4c(N)ncnc43)[C@@H]2O1. The maximum absolute atomic E-state index is 6.44. The predicted molar refractivity (Wildman–Crippen MR) is 138 cm³/mol. The monoisotopic (exact) mass is 470 g/mol. The topological polar surface area (TPSA) is 83.2 Å². The zero-order chi connectivity index (χ0) is 24.0. The van der Waals surface area contributed by atoms with Gasteiger partial charge in [0.25, 0.3) is 0 Å². The summed E-state index contributed by atoms with van der Waals surface area (Å²) in [5.74, 6) is 1.42. The fraction of sp³-hybridized carbons (Fsp3) is 0.483. The summed E-state index contributed by atoms with van der Waals surface area (Å²) in [5, 5.41) is 1.22. The van der Waals surface area contributed by atoms with E-state index in [0.717, 1.165) is 55.3 Å². The number of nitrogen functional groups attached to an aromatic ring is 1. The Morgan fingerprint density at radius 2 is 1.80 bits per heavy atom. The average molecular weight is 471 g/mol. The van der Waals surface area contributed by atoms with E-state index in [1.165, 1.54) is 10.9 Å². The lowest BCUT2D eigenvalue weighted by atomic mass is 9.91. The molecule has 6 heteroatoms. The summed E-state index contributed by atoms with van der Waals surface area (Å²) in [6, 6.07) is 10.6. The molecule has 3 aliphatic rings. The largest absolute Gasteiger partial charge is 0.383 e. The summed E-state index contributed by atoms with van der Waals surface area (Å²) < 4.78 is 12.9. The Morgan fingerprint density at radius 1 is 1.00 bits per heavy atom. The average Bonchev–Trinajstić information content (AvgIpc) is 3.50. The number of para-hydroxylation sites is 1. The highest BCUT2D eigenvalue weighted by Gasteiger charge is 2.53. The van der Waals surface area contributed by atoms with Crippen molar-refractivity contribution in [2.75, 3.05) is 5.73 Å². The highest BCUT2D eigenvalue weighted by atomic mass is 16.8. The van der Waals surface area contributed by atoms with E-state index in [4.69, 9.17) is 15.2 Å². The minimum Gasteiger partial charge on any atom is -0.383 e. The number of pyridine rings is 1. The number of anilines is 1. The van der Waals surface area contributed by atoms with Gasteiger partial charge in [0.05, 0.1) is 23.4 Å². The van der Waals surface area contributed by atoms with Crippen molar-refractivity contribution in [1.29, 1.82) is 0 Å². The fourth-order valence-electron chi connectivity index (χ4n) is 6.41. The third-order valence-corrected chi connectivity index (χ3v) is 8.03. The van der Waals surface area contributed by atoms with Gasteiger partial charge in [-0.25, -0.2) is 9.97 Å². The van der Waals surface area contributed by atoms with Crippen LogP contribution in [0.4, 0.5) is 5.82 Å². The Labute approximate surface area is 207 Å². The molecule has 0 radical (unpaired) electrons. The van der Waals surface area contributed by atoms with Gasteiger partial charge >= 0.3 is 0 Å². The summed E-state index contributed by atoms with van der Waals surface area (Å²) >= 11 is 0. The van der Waals surface area contributed by atoms with Crippen LogP contribution in [0, 0.1) is 11.8 Å². The van der Waals surface area contributed by atoms with Crippen LogP contribution in [0.1, 0.15) is 68.7 Å². The number of aromatic nitrogens is 3. The molecule has 35 heavy (non-hydrogen) atoms. The minimum atomic E-state index is -0.504. The lowest BCUT2D eigenvalue weighted by Crippen LogP contribution is -2.25. The van der Waals surface area contributed by atoms with E-state index in [1.54, 1.807) is 6.33 Å². The summed E-state index contributed by atoms with van der Waals surface area (Å²) in [6.45, 7) is 4.10. The number of rotatable bonds is 7. The first kappa shape index (κ1) is 22.6. The molecule has 2 aromatic heterocycles. The first-order valence-electron chi connectivity index (χ1n) is 12.9. The lowest BCUT2D eigenvalue weighted by molar-refractivity contribution is -0.161. The summed E-state index contributed by atoms with van der Waals surface area (Å²) in [5.41, 5.74) is 10.5. The van der Waals surface area contributed by atoms with Crippen LogP contribution in [0.25, 0.3) is 17.0 Å². The van der Waals surface area contributed by atoms with Crippen molar-refractivity contribution in [2.45, 2.75) is 76.3 Å². The van der Waals surface area contributed by atoms with Crippen LogP contribution in [0.2, 0.25) is 0 Å². The molecule has 1 unspecified atom stereocenters. The lowest BCUT2D eigenvalue weighted by Gasteiger charge is -2.24. The Morgan fingerprint density at radius 3 is 2.66 bits per heavy atom. The zero-order valence-corrected chi connectivity index (χ0v) is 20.6. The maximum atomic E-state index is 6.44. The van der Waals surface area contributed by atoms with Gasteiger partial charge in [0.2, 0.25) is 0 Å². The molecule has 1 aliphatic heterocycles. The molecule has 3 heterocycles. The number of nitrogens with two attached hydrogens (primary N) is 1. The van der Waals surface area contributed by atoms with Crippen molar-refractivity contribution >= 4 is 22.8 Å². The normalized spacial score (nSPS) is 28.5. The second kappa shape index (κ2) is 8.99. The van der Waals surface area contributed by atoms with E-state index >= 15 is 0 Å². The van der Waals surface area contributed by atoms with E-state index in [9.17, 15) is 0 Å². The predicted octanol–water partition coefficient (Wildman–Crippen LogP) is 5.68. The molecule has 2 N–H and O–H groups in total. The number of allylic oxidation sites excluding steroid dienone is 1. The molecule has 0 spiro atoms. The van der Waals surface area contributed by atoms with Gasteiger partial charge in [0, 0.05) is 23.1 Å². The second-order valence-corrected chi connectivity index (χ2v) is 10.8. The maximum Gasteiger partial charge on any atom is 0.163 e. The molecule has 5 atom stereocenters. The van der Waals surface area contributed by atoms with Crippen LogP contribution in [0.15, 0.2) is 48.9 Å². The van der Waals surface area contributed by atoms with E-state index < -0.39 is 5.79 Å². The van der Waals surface area contributed by atoms with Crippen molar-refractivity contribution in [3.05, 3.63) is 65.8 Å². The molecule has 1 saturated heterocycles. The third kappa shape index (κ3) is 4.45. The molecule has 182 valence electrons. The van der Waals surface area contributed by atoms with Crippen molar-refractivity contribution in [3.63, 3.8) is 0 Å². The molecule has 1 saturated carbocycles. The van der Waals surface area contributed by atoms with Gasteiger partial charge < -0.3 is 15.2 Å². The van der Waals surface area contributed by atoms with Crippen LogP contribution in [0.3, 0.4) is 0 Å². The highest BCUT2D eigenvalue weighted by molar-refractivity contribution is 5.78. The van der Waals surface area contributed by atoms with Gasteiger partial charge in [-0.2, -0.15) is 0 Å².